The second-order valence-electron chi connectivity index (χ2n) is 5.89. The van der Waals surface area contributed by atoms with Gasteiger partial charge in [-0.25, -0.2) is 4.98 Å². The summed E-state index contributed by atoms with van der Waals surface area (Å²) < 4.78 is 16.1. The number of pyridine rings is 1. The molecule has 0 spiro atoms. The van der Waals surface area contributed by atoms with Gasteiger partial charge in [0.05, 0.1) is 27.9 Å². The van der Waals surface area contributed by atoms with Crippen molar-refractivity contribution in [2.24, 2.45) is 5.73 Å². The summed E-state index contributed by atoms with van der Waals surface area (Å²) in [4.78, 5) is 18.2. The Balaban J connectivity index is 2.34. The van der Waals surface area contributed by atoms with Gasteiger partial charge in [0.1, 0.15) is 5.15 Å². The molecule has 1 aromatic heterocycles. The lowest BCUT2D eigenvalue weighted by molar-refractivity contribution is -0.130. The second-order valence-corrected chi connectivity index (χ2v) is 6.25. The van der Waals surface area contributed by atoms with E-state index in [0.29, 0.717) is 35.5 Å². The number of rotatable bonds is 8. The molecule has 0 saturated heterocycles. The highest BCUT2D eigenvalue weighted by Crippen LogP contribution is 2.38. The van der Waals surface area contributed by atoms with Crippen molar-refractivity contribution >= 4 is 17.5 Å². The molecule has 0 aliphatic heterocycles. The van der Waals surface area contributed by atoms with Gasteiger partial charge in [-0.1, -0.05) is 17.7 Å². The molecule has 0 bridgehead atoms. The number of halogens is 1. The highest BCUT2D eigenvalue weighted by atomic mass is 35.5. The first kappa shape index (κ1) is 20.8. The van der Waals surface area contributed by atoms with Gasteiger partial charge in [-0.15, -0.1) is 0 Å². The summed E-state index contributed by atoms with van der Waals surface area (Å²) >= 11 is 6.22. The molecule has 1 heterocycles. The third kappa shape index (κ3) is 5.02. The average Bonchev–Trinajstić information content (AvgIpc) is 2.67. The molecule has 0 saturated carbocycles. The van der Waals surface area contributed by atoms with Gasteiger partial charge >= 0.3 is 0 Å². The number of ether oxygens (including phenoxy) is 3. The minimum atomic E-state index is -0.208. The summed E-state index contributed by atoms with van der Waals surface area (Å²) in [5.41, 5.74) is 7.96. The van der Waals surface area contributed by atoms with Gasteiger partial charge in [0.15, 0.2) is 11.5 Å². The Kier molecular flexibility index (Phi) is 7.27. The second kappa shape index (κ2) is 9.43. The van der Waals surface area contributed by atoms with Crippen LogP contribution in [0.4, 0.5) is 0 Å². The Morgan fingerprint density at radius 1 is 1.11 bits per heavy atom. The highest BCUT2D eigenvalue weighted by molar-refractivity contribution is 6.30. The van der Waals surface area contributed by atoms with Crippen molar-refractivity contribution < 1.29 is 19.0 Å². The molecule has 8 heteroatoms. The third-order valence-corrected chi connectivity index (χ3v) is 4.38. The molecular weight excluding hydrogens is 370 g/mol. The van der Waals surface area contributed by atoms with Crippen molar-refractivity contribution in [3.8, 4) is 17.2 Å². The predicted octanol–water partition coefficient (Wildman–Crippen LogP) is 2.56. The summed E-state index contributed by atoms with van der Waals surface area (Å²) in [5.74, 6) is 1.32. The zero-order valence-electron chi connectivity index (χ0n) is 15.9. The van der Waals surface area contributed by atoms with Gasteiger partial charge in [0.2, 0.25) is 11.7 Å². The Hall–Kier alpha value is -2.51. The molecule has 2 rings (SSSR count). The monoisotopic (exact) mass is 393 g/mol. The average molecular weight is 394 g/mol. The van der Waals surface area contributed by atoms with Crippen molar-refractivity contribution in [2.45, 2.75) is 20.0 Å². The van der Waals surface area contributed by atoms with Crippen LogP contribution in [0.5, 0.6) is 17.2 Å². The van der Waals surface area contributed by atoms with E-state index in [4.69, 9.17) is 31.5 Å². The minimum absolute atomic E-state index is 0.110. The van der Waals surface area contributed by atoms with Crippen LogP contribution in [0.25, 0.3) is 0 Å². The van der Waals surface area contributed by atoms with Crippen LogP contribution in [-0.4, -0.2) is 43.7 Å². The van der Waals surface area contributed by atoms with E-state index in [1.165, 1.54) is 7.11 Å². The first-order valence-corrected chi connectivity index (χ1v) is 8.70. The Bertz CT molecular complexity index is 789. The van der Waals surface area contributed by atoms with Crippen LogP contribution in [0.1, 0.15) is 16.8 Å². The fourth-order valence-electron chi connectivity index (χ4n) is 2.69. The normalized spacial score (nSPS) is 10.4. The maximum atomic E-state index is 12.4. The van der Waals surface area contributed by atoms with E-state index >= 15 is 0 Å². The van der Waals surface area contributed by atoms with Crippen LogP contribution in [0.15, 0.2) is 24.3 Å². The molecule has 0 atom stereocenters. The lowest BCUT2D eigenvalue weighted by Gasteiger charge is -2.24. The van der Waals surface area contributed by atoms with E-state index in [2.05, 4.69) is 4.98 Å². The fourth-order valence-corrected chi connectivity index (χ4v) is 2.94. The molecule has 2 aromatic rings. The number of methoxy groups -OCH3 is 3. The van der Waals surface area contributed by atoms with Crippen molar-refractivity contribution in [3.05, 3.63) is 46.2 Å². The van der Waals surface area contributed by atoms with E-state index < -0.39 is 0 Å². The van der Waals surface area contributed by atoms with Crippen molar-refractivity contribution in [1.29, 1.82) is 0 Å². The number of carbonyl (C=O) groups is 1. The fraction of sp³-hybridized carbons (Fsp3) is 0.368. The van der Waals surface area contributed by atoms with Crippen LogP contribution in [0, 0.1) is 6.92 Å². The topological polar surface area (TPSA) is 86.9 Å². The maximum absolute atomic E-state index is 12.4. The molecule has 0 aliphatic carbocycles. The molecule has 0 aliphatic rings. The van der Waals surface area contributed by atoms with Gasteiger partial charge in [-0.05, 0) is 30.7 Å². The smallest absolute Gasteiger partial charge is 0.236 e. The van der Waals surface area contributed by atoms with E-state index in [1.54, 1.807) is 31.3 Å². The number of aryl methyl sites for hydroxylation is 1. The van der Waals surface area contributed by atoms with E-state index in [9.17, 15) is 4.79 Å². The predicted molar refractivity (Wildman–Crippen MR) is 103 cm³/mol. The number of hydrogen-bond donors (Lipinski definition) is 1. The molecule has 0 radical (unpaired) electrons. The molecule has 1 aromatic carbocycles. The maximum Gasteiger partial charge on any atom is 0.236 e. The van der Waals surface area contributed by atoms with Gasteiger partial charge < -0.3 is 24.8 Å². The number of hydrogen-bond acceptors (Lipinski definition) is 6. The van der Waals surface area contributed by atoms with Crippen LogP contribution in [0.2, 0.25) is 5.15 Å². The quantitative estimate of drug-likeness (QED) is 0.693. The Morgan fingerprint density at radius 2 is 1.74 bits per heavy atom. The number of amides is 1. The lowest BCUT2D eigenvalue weighted by Crippen LogP contribution is -2.35. The number of nitrogens with zero attached hydrogens (tertiary/aromatic N) is 2. The van der Waals surface area contributed by atoms with Gasteiger partial charge in [0.25, 0.3) is 0 Å². The molecule has 7 nitrogen and oxygen atoms in total. The zero-order chi connectivity index (χ0) is 20.0. The number of aromatic nitrogens is 1. The van der Waals surface area contributed by atoms with Crippen LogP contribution >= 0.6 is 11.6 Å². The number of carbonyl (C=O) groups excluding carboxylic acids is 1. The molecule has 27 heavy (non-hydrogen) atoms. The molecule has 2 N–H and O–H groups in total. The molecule has 1 amide bonds. The molecule has 146 valence electrons. The van der Waals surface area contributed by atoms with Crippen LogP contribution in [-0.2, 0) is 17.9 Å². The third-order valence-electron chi connectivity index (χ3n) is 4.05. The minimum Gasteiger partial charge on any atom is -0.493 e. The van der Waals surface area contributed by atoms with Crippen molar-refractivity contribution in [2.75, 3.05) is 27.9 Å². The zero-order valence-corrected chi connectivity index (χ0v) is 16.7. The van der Waals surface area contributed by atoms with Gasteiger partial charge in [-0.2, -0.15) is 0 Å². The lowest BCUT2D eigenvalue weighted by atomic mass is 10.1. The van der Waals surface area contributed by atoms with Crippen LogP contribution in [0.3, 0.4) is 0 Å². The Morgan fingerprint density at radius 3 is 2.22 bits per heavy atom. The SMILES string of the molecule is COc1cc(CN(Cc2ccc(C)nc2Cl)C(=O)CN)cc(OC)c1OC. The molecular formula is C19H24ClN3O4. The largest absolute Gasteiger partial charge is 0.493 e. The van der Waals surface area contributed by atoms with Gasteiger partial charge in [-0.3, -0.25) is 4.79 Å². The number of benzene rings is 1. The van der Waals surface area contributed by atoms with Crippen molar-refractivity contribution in [1.82, 2.24) is 9.88 Å². The summed E-state index contributed by atoms with van der Waals surface area (Å²) in [6, 6.07) is 7.31. The molecule has 0 unspecified atom stereocenters. The van der Waals surface area contributed by atoms with Crippen molar-refractivity contribution in [3.63, 3.8) is 0 Å². The van der Waals surface area contributed by atoms with Crippen LogP contribution < -0.4 is 19.9 Å². The van der Waals surface area contributed by atoms with Gasteiger partial charge in [0, 0.05) is 24.3 Å². The summed E-state index contributed by atoms with van der Waals surface area (Å²) in [5, 5.41) is 0.370. The first-order chi connectivity index (χ1) is 12.9. The summed E-state index contributed by atoms with van der Waals surface area (Å²) in [6.07, 6.45) is 0. The summed E-state index contributed by atoms with van der Waals surface area (Å²) in [6.45, 7) is 2.34. The van der Waals surface area contributed by atoms with E-state index in [-0.39, 0.29) is 12.5 Å². The van der Waals surface area contributed by atoms with E-state index in [0.717, 1.165) is 16.8 Å². The number of nitrogens with two attached hydrogens (primary N) is 1. The molecule has 0 fully saturated rings. The highest BCUT2D eigenvalue weighted by Gasteiger charge is 2.19. The first-order valence-electron chi connectivity index (χ1n) is 8.32. The van der Waals surface area contributed by atoms with E-state index in [1.807, 2.05) is 19.1 Å². The summed E-state index contributed by atoms with van der Waals surface area (Å²) in [7, 11) is 4.62. The Labute approximate surface area is 164 Å². The standard InChI is InChI=1S/C19H24ClN3O4/c1-12-5-6-14(19(20)22-12)11-23(17(24)9-21)10-13-7-15(25-2)18(27-4)16(8-13)26-3/h5-8H,9-11,21H2,1-4H3.